The molecule has 3 aromatic rings. The molecule has 0 atom stereocenters. The van der Waals surface area contributed by atoms with Crippen LogP contribution in [0.1, 0.15) is 27.4 Å². The van der Waals surface area contributed by atoms with E-state index in [2.05, 4.69) is 25.3 Å². The Morgan fingerprint density at radius 3 is 2.70 bits per heavy atom. The molecular formula is C16H13F3N6O2. The minimum atomic E-state index is -4.58. The van der Waals surface area contributed by atoms with Gasteiger partial charge in [0.1, 0.15) is 12.0 Å². The number of aromatic nitrogens is 4. The summed E-state index contributed by atoms with van der Waals surface area (Å²) in [5.41, 5.74) is 4.89. The fourth-order valence-electron chi connectivity index (χ4n) is 2.33. The third-order valence-corrected chi connectivity index (χ3v) is 3.56. The maximum atomic E-state index is 13.0. The van der Waals surface area contributed by atoms with Gasteiger partial charge in [-0.2, -0.15) is 13.2 Å². The number of alkyl halides is 3. The molecule has 3 N–H and O–H groups in total. The van der Waals surface area contributed by atoms with Crippen LogP contribution < -0.4 is 11.1 Å². The van der Waals surface area contributed by atoms with Crippen molar-refractivity contribution in [3.8, 4) is 11.6 Å². The molecule has 0 radical (unpaired) electrons. The summed E-state index contributed by atoms with van der Waals surface area (Å²) < 4.78 is 44.1. The van der Waals surface area contributed by atoms with E-state index in [4.69, 9.17) is 10.2 Å². The Bertz CT molecular complexity index is 973. The van der Waals surface area contributed by atoms with Crippen LogP contribution in [0.3, 0.4) is 0 Å². The van der Waals surface area contributed by atoms with Crippen LogP contribution in [0.15, 0.2) is 35.2 Å². The molecule has 0 aromatic carbocycles. The largest absolute Gasteiger partial charge is 0.443 e. The summed E-state index contributed by atoms with van der Waals surface area (Å²) in [6.07, 6.45) is -0.613. The molecule has 3 heterocycles. The van der Waals surface area contributed by atoms with Crippen LogP contribution in [0, 0.1) is 6.92 Å². The van der Waals surface area contributed by atoms with Gasteiger partial charge >= 0.3 is 6.18 Å². The molecular weight excluding hydrogens is 365 g/mol. The van der Waals surface area contributed by atoms with E-state index in [1.165, 1.54) is 24.7 Å². The molecule has 27 heavy (non-hydrogen) atoms. The second kappa shape index (κ2) is 7.02. The van der Waals surface area contributed by atoms with Crippen molar-refractivity contribution in [3.05, 3.63) is 53.4 Å². The highest BCUT2D eigenvalue weighted by atomic mass is 19.4. The lowest BCUT2D eigenvalue weighted by molar-refractivity contribution is -0.138. The van der Waals surface area contributed by atoms with Crippen molar-refractivity contribution in [1.29, 1.82) is 0 Å². The van der Waals surface area contributed by atoms with Gasteiger partial charge in [-0.25, -0.2) is 15.0 Å². The van der Waals surface area contributed by atoms with Gasteiger partial charge in [-0.1, -0.05) is 0 Å². The zero-order valence-corrected chi connectivity index (χ0v) is 13.9. The fourth-order valence-corrected chi connectivity index (χ4v) is 2.33. The molecule has 8 nitrogen and oxygen atoms in total. The predicted octanol–water partition coefficient (Wildman–Crippen LogP) is 2.37. The molecule has 0 bridgehead atoms. The van der Waals surface area contributed by atoms with Crippen LogP contribution in [0.4, 0.5) is 19.0 Å². The van der Waals surface area contributed by atoms with Crippen molar-refractivity contribution < 1.29 is 22.4 Å². The van der Waals surface area contributed by atoms with Gasteiger partial charge in [0.15, 0.2) is 11.5 Å². The Kier molecular flexibility index (Phi) is 4.75. The number of nitrogens with one attached hydrogen (secondary N) is 1. The maximum Gasteiger partial charge on any atom is 0.418 e. The van der Waals surface area contributed by atoms with Crippen molar-refractivity contribution in [2.24, 2.45) is 0 Å². The van der Waals surface area contributed by atoms with E-state index in [1.54, 1.807) is 6.92 Å². The summed E-state index contributed by atoms with van der Waals surface area (Å²) in [7, 11) is 0. The van der Waals surface area contributed by atoms with Gasteiger partial charge in [-0.05, 0) is 19.1 Å². The lowest BCUT2D eigenvalue weighted by atomic mass is 10.2. The van der Waals surface area contributed by atoms with E-state index in [0.717, 1.165) is 6.07 Å². The van der Waals surface area contributed by atoms with Crippen LogP contribution in [0.5, 0.6) is 0 Å². The molecule has 0 saturated carbocycles. The Balaban J connectivity index is 1.81. The molecule has 11 heteroatoms. The molecule has 1 amide bonds. The fraction of sp³-hybridized carbons (Fsp3) is 0.188. The topological polar surface area (TPSA) is 120 Å². The maximum absolute atomic E-state index is 13.0. The predicted molar refractivity (Wildman–Crippen MR) is 87.1 cm³/mol. The average Bonchev–Trinajstić information content (AvgIpc) is 3.15. The monoisotopic (exact) mass is 378 g/mol. The van der Waals surface area contributed by atoms with E-state index in [0.29, 0.717) is 5.69 Å². The van der Waals surface area contributed by atoms with Gasteiger partial charge in [-0.3, -0.25) is 9.78 Å². The summed E-state index contributed by atoms with van der Waals surface area (Å²) in [5, 5.41) is 2.33. The first-order chi connectivity index (χ1) is 12.8. The zero-order valence-electron chi connectivity index (χ0n) is 13.9. The van der Waals surface area contributed by atoms with Gasteiger partial charge < -0.3 is 15.5 Å². The molecule has 0 aliphatic heterocycles. The van der Waals surface area contributed by atoms with Crippen LogP contribution in [-0.2, 0) is 12.7 Å². The normalized spacial score (nSPS) is 11.4. The first-order valence-corrected chi connectivity index (χ1v) is 7.60. The smallest absolute Gasteiger partial charge is 0.418 e. The minimum Gasteiger partial charge on any atom is -0.443 e. The molecule has 0 fully saturated rings. The number of hydrogen-bond acceptors (Lipinski definition) is 7. The van der Waals surface area contributed by atoms with Gasteiger partial charge in [0, 0.05) is 6.20 Å². The first-order valence-electron chi connectivity index (χ1n) is 7.60. The van der Waals surface area contributed by atoms with Crippen LogP contribution in [0.2, 0.25) is 0 Å². The van der Waals surface area contributed by atoms with Crippen LogP contribution in [-0.4, -0.2) is 25.8 Å². The van der Waals surface area contributed by atoms with E-state index in [9.17, 15) is 18.0 Å². The molecule has 0 unspecified atom stereocenters. The van der Waals surface area contributed by atoms with E-state index in [1.807, 2.05) is 0 Å². The van der Waals surface area contributed by atoms with E-state index in [-0.39, 0.29) is 28.8 Å². The van der Waals surface area contributed by atoms with Gasteiger partial charge in [0.2, 0.25) is 5.89 Å². The number of halogens is 3. The highest BCUT2D eigenvalue weighted by Crippen LogP contribution is 2.31. The van der Waals surface area contributed by atoms with E-state index < -0.39 is 24.2 Å². The number of carbonyl (C=O) groups is 1. The molecule has 140 valence electrons. The van der Waals surface area contributed by atoms with Crippen molar-refractivity contribution in [3.63, 3.8) is 0 Å². The Morgan fingerprint density at radius 1 is 1.26 bits per heavy atom. The Hall–Kier alpha value is -3.50. The second-order valence-electron chi connectivity index (χ2n) is 5.41. The zero-order chi connectivity index (χ0) is 19.6. The van der Waals surface area contributed by atoms with Crippen molar-refractivity contribution >= 4 is 11.7 Å². The molecule has 0 spiro atoms. The number of oxazole rings is 1. The molecule has 0 saturated heterocycles. The van der Waals surface area contributed by atoms with E-state index >= 15 is 0 Å². The van der Waals surface area contributed by atoms with Gasteiger partial charge in [0.05, 0.1) is 29.7 Å². The van der Waals surface area contributed by atoms with Crippen molar-refractivity contribution in [2.75, 3.05) is 5.73 Å². The summed E-state index contributed by atoms with van der Waals surface area (Å²) in [5.74, 6) is -0.800. The number of nitrogens with two attached hydrogens (primary N) is 1. The second-order valence-corrected chi connectivity index (χ2v) is 5.41. The number of amides is 1. The van der Waals surface area contributed by atoms with Crippen molar-refractivity contribution in [1.82, 2.24) is 25.3 Å². The highest BCUT2D eigenvalue weighted by Gasteiger charge is 2.33. The van der Waals surface area contributed by atoms with Crippen LogP contribution in [0.25, 0.3) is 11.6 Å². The number of anilines is 1. The van der Waals surface area contributed by atoms with Crippen molar-refractivity contribution in [2.45, 2.75) is 19.6 Å². The lowest BCUT2D eigenvalue weighted by Crippen LogP contribution is -2.27. The Morgan fingerprint density at radius 2 is 2.04 bits per heavy atom. The van der Waals surface area contributed by atoms with Gasteiger partial charge in [0.25, 0.3) is 5.91 Å². The van der Waals surface area contributed by atoms with Gasteiger partial charge in [-0.15, -0.1) is 0 Å². The molecule has 0 aliphatic rings. The number of carbonyl (C=O) groups excluding carboxylic acids is 1. The van der Waals surface area contributed by atoms with Crippen LogP contribution >= 0.6 is 0 Å². The summed E-state index contributed by atoms with van der Waals surface area (Å²) in [4.78, 5) is 28.0. The number of pyridine rings is 1. The first kappa shape index (κ1) is 18.3. The number of nitrogen functional groups attached to an aromatic ring is 1. The summed E-state index contributed by atoms with van der Waals surface area (Å²) in [6.45, 7) is 1.12. The SMILES string of the molecule is Cc1nc(C(=O)NCc2ncccc2C(F)(F)F)c(N)nc1-c1ncco1. The third-order valence-electron chi connectivity index (χ3n) is 3.56. The number of nitrogens with zero attached hydrogens (tertiary/aromatic N) is 4. The summed E-state index contributed by atoms with van der Waals surface area (Å²) in [6, 6.07) is 2.06. The number of hydrogen-bond donors (Lipinski definition) is 2. The lowest BCUT2D eigenvalue weighted by Gasteiger charge is -2.13. The average molecular weight is 378 g/mol. The third kappa shape index (κ3) is 3.86. The standard InChI is InChI=1S/C16H13F3N6O2/c1-8-11(15-22-5-6-27-15)25-13(20)12(24-8)14(26)23-7-10-9(16(17,18)19)3-2-4-21-10/h2-6H,7H2,1H3,(H2,20,25)(H,23,26). The molecule has 3 rings (SSSR count). The molecule has 3 aromatic heterocycles. The summed E-state index contributed by atoms with van der Waals surface area (Å²) >= 11 is 0. The molecule has 0 aliphatic carbocycles. The minimum absolute atomic E-state index is 0.182. The highest BCUT2D eigenvalue weighted by molar-refractivity contribution is 5.96. The number of rotatable bonds is 4. The quantitative estimate of drug-likeness (QED) is 0.715. The number of aryl methyl sites for hydroxylation is 1. The Labute approximate surface area is 150 Å².